The number of ether oxygens (including phenoxy) is 2. The summed E-state index contributed by atoms with van der Waals surface area (Å²) >= 11 is 0. The molecule has 3 fully saturated rings. The number of likely N-dealkylation sites (tertiary alicyclic amines) is 1. The van der Waals surface area contributed by atoms with Crippen LogP contribution in [0.25, 0.3) is 0 Å². The molecular weight excluding hydrogens is 368 g/mol. The van der Waals surface area contributed by atoms with Crippen LogP contribution >= 0.6 is 0 Å². The van der Waals surface area contributed by atoms with Crippen LogP contribution < -0.4 is 4.90 Å². The third-order valence-corrected chi connectivity index (χ3v) is 8.26. The number of hydrogen-bond acceptors (Lipinski definition) is 5. The maximum Gasteiger partial charge on any atom is 0.311 e. The van der Waals surface area contributed by atoms with Crippen molar-refractivity contribution in [2.75, 3.05) is 32.2 Å². The van der Waals surface area contributed by atoms with Crippen molar-refractivity contribution in [1.82, 2.24) is 4.90 Å². The van der Waals surface area contributed by atoms with E-state index in [0.717, 1.165) is 25.1 Å². The molecule has 0 aromatic heterocycles. The second kappa shape index (κ2) is 6.54. The van der Waals surface area contributed by atoms with Gasteiger partial charge in [0.25, 0.3) is 0 Å². The minimum Gasteiger partial charge on any atom is -0.469 e. The Labute approximate surface area is 172 Å². The van der Waals surface area contributed by atoms with E-state index in [-0.39, 0.29) is 47.2 Å². The molecule has 2 saturated heterocycles. The largest absolute Gasteiger partial charge is 0.469 e. The molecule has 6 heteroatoms. The summed E-state index contributed by atoms with van der Waals surface area (Å²) < 4.78 is 11.3. The van der Waals surface area contributed by atoms with Gasteiger partial charge < -0.3 is 19.3 Å². The van der Waals surface area contributed by atoms with Gasteiger partial charge in [0, 0.05) is 30.0 Å². The Kier molecular flexibility index (Phi) is 4.30. The molecule has 1 spiro atoms. The number of hydrogen-bond donors (Lipinski definition) is 0. The highest BCUT2D eigenvalue weighted by Gasteiger charge is 2.67. The van der Waals surface area contributed by atoms with Crippen LogP contribution in [0.2, 0.25) is 0 Å². The topological polar surface area (TPSA) is 59.1 Å². The number of esters is 1. The van der Waals surface area contributed by atoms with Crippen LogP contribution in [0.5, 0.6) is 0 Å². The first kappa shape index (κ1) is 19.1. The molecule has 1 amide bonds. The number of carbonyl (C=O) groups is 2. The Hall–Kier alpha value is -1.92. The van der Waals surface area contributed by atoms with Crippen molar-refractivity contribution in [3.63, 3.8) is 0 Å². The molecule has 1 aliphatic carbocycles. The Bertz CT molecular complexity index is 857. The SMILES string of the molecule is COC(=O)[C@@H]1[C@H]2C[C@H]3N(C)CC[C@@]34c3ccccc3N(C(C)=O)[C@H]4[C@@H]2CO[C@@H]1C. The van der Waals surface area contributed by atoms with Crippen molar-refractivity contribution < 1.29 is 19.1 Å². The standard InChI is InChI=1S/C23H30N2O4/c1-13-20(22(27)28-4)15-11-19-23(9-10-24(19)3)17-7-5-6-8-18(17)25(14(2)26)21(23)16(15)12-29-13/h5-8,13,15-16,19-21H,9-12H2,1-4H3/t13-,15+,16-,19-,20+,21+,23-/m1/s1. The van der Waals surface area contributed by atoms with Gasteiger partial charge in [0.15, 0.2) is 0 Å². The Morgan fingerprint density at radius 3 is 2.72 bits per heavy atom. The molecule has 0 bridgehead atoms. The zero-order chi connectivity index (χ0) is 20.5. The molecule has 4 aliphatic rings. The molecule has 0 radical (unpaired) electrons. The van der Waals surface area contributed by atoms with E-state index in [9.17, 15) is 9.59 Å². The molecule has 6 nitrogen and oxygen atoms in total. The third-order valence-electron chi connectivity index (χ3n) is 8.26. The Morgan fingerprint density at radius 1 is 1.24 bits per heavy atom. The van der Waals surface area contributed by atoms with Gasteiger partial charge in [-0.3, -0.25) is 9.59 Å². The second-order valence-electron chi connectivity index (χ2n) is 9.29. The molecule has 1 aromatic rings. The van der Waals surface area contributed by atoms with E-state index in [1.165, 1.54) is 12.7 Å². The summed E-state index contributed by atoms with van der Waals surface area (Å²) in [4.78, 5) is 30.1. The second-order valence-corrected chi connectivity index (χ2v) is 9.29. The van der Waals surface area contributed by atoms with Crippen molar-refractivity contribution >= 4 is 17.6 Å². The van der Waals surface area contributed by atoms with E-state index >= 15 is 0 Å². The van der Waals surface area contributed by atoms with Gasteiger partial charge in [-0.15, -0.1) is 0 Å². The van der Waals surface area contributed by atoms with Crippen molar-refractivity contribution in [3.05, 3.63) is 29.8 Å². The highest BCUT2D eigenvalue weighted by atomic mass is 16.5. The average molecular weight is 399 g/mol. The van der Waals surface area contributed by atoms with E-state index < -0.39 is 0 Å². The van der Waals surface area contributed by atoms with E-state index in [0.29, 0.717) is 12.6 Å². The maximum absolute atomic E-state index is 12.9. The first-order valence-corrected chi connectivity index (χ1v) is 10.7. The number of fused-ring (bicyclic) bond motifs is 3. The lowest BCUT2D eigenvalue weighted by atomic mass is 9.55. The summed E-state index contributed by atoms with van der Waals surface area (Å²) in [5.41, 5.74) is 2.24. The molecule has 7 atom stereocenters. The van der Waals surface area contributed by atoms with Crippen molar-refractivity contribution in [2.45, 2.75) is 50.3 Å². The van der Waals surface area contributed by atoms with Crippen LogP contribution in [-0.2, 0) is 24.5 Å². The first-order chi connectivity index (χ1) is 13.9. The summed E-state index contributed by atoms with van der Waals surface area (Å²) in [5.74, 6) is -0.143. The van der Waals surface area contributed by atoms with Crippen molar-refractivity contribution in [1.29, 1.82) is 0 Å². The summed E-state index contributed by atoms with van der Waals surface area (Å²) in [5, 5.41) is 0. The molecule has 1 saturated carbocycles. The zero-order valence-corrected chi connectivity index (χ0v) is 17.6. The highest BCUT2D eigenvalue weighted by molar-refractivity contribution is 5.96. The summed E-state index contributed by atoms with van der Waals surface area (Å²) in [6, 6.07) is 8.72. The minimum atomic E-state index is -0.289. The van der Waals surface area contributed by atoms with Crippen molar-refractivity contribution in [2.24, 2.45) is 17.8 Å². The van der Waals surface area contributed by atoms with Crippen LogP contribution in [0.1, 0.15) is 32.3 Å². The minimum absolute atomic E-state index is 0.0192. The number of anilines is 1. The van der Waals surface area contributed by atoms with Crippen molar-refractivity contribution in [3.8, 4) is 0 Å². The Balaban J connectivity index is 1.69. The number of methoxy groups -OCH3 is 1. The number of amides is 1. The lowest BCUT2D eigenvalue weighted by Crippen LogP contribution is -2.66. The molecule has 5 rings (SSSR count). The molecule has 1 aromatic carbocycles. The smallest absolute Gasteiger partial charge is 0.311 e. The fourth-order valence-corrected chi connectivity index (χ4v) is 7.19. The molecular formula is C23H30N2O4. The number of carbonyl (C=O) groups excluding carboxylic acids is 2. The molecule has 29 heavy (non-hydrogen) atoms. The maximum atomic E-state index is 12.9. The van der Waals surface area contributed by atoms with Gasteiger partial charge in [0.2, 0.25) is 5.91 Å². The zero-order valence-electron chi connectivity index (χ0n) is 17.6. The average Bonchev–Trinajstić information content (AvgIpc) is 3.20. The summed E-state index contributed by atoms with van der Waals surface area (Å²) in [6.45, 7) is 5.22. The molecule has 156 valence electrons. The normalized spacial score (nSPS) is 40.6. The number of rotatable bonds is 1. The quantitative estimate of drug-likeness (QED) is 0.679. The monoisotopic (exact) mass is 398 g/mol. The van der Waals surface area contributed by atoms with Crippen LogP contribution in [0.4, 0.5) is 5.69 Å². The lowest BCUT2D eigenvalue weighted by Gasteiger charge is -2.56. The van der Waals surface area contributed by atoms with Crippen LogP contribution in [0.3, 0.4) is 0 Å². The van der Waals surface area contributed by atoms with Gasteiger partial charge >= 0.3 is 5.97 Å². The molecule has 0 unspecified atom stereocenters. The molecule has 3 heterocycles. The fourth-order valence-electron chi connectivity index (χ4n) is 7.19. The summed E-state index contributed by atoms with van der Waals surface area (Å²) in [6.07, 6.45) is 1.80. The highest BCUT2D eigenvalue weighted by Crippen LogP contribution is 2.62. The predicted molar refractivity (Wildman–Crippen MR) is 109 cm³/mol. The van der Waals surface area contributed by atoms with Gasteiger partial charge in [-0.1, -0.05) is 18.2 Å². The van der Waals surface area contributed by atoms with E-state index in [1.54, 1.807) is 6.92 Å². The van der Waals surface area contributed by atoms with Gasteiger partial charge in [0.05, 0.1) is 31.8 Å². The van der Waals surface area contributed by atoms with Crippen LogP contribution in [0, 0.1) is 17.8 Å². The van der Waals surface area contributed by atoms with Gasteiger partial charge in [-0.05, 0) is 50.9 Å². The van der Waals surface area contributed by atoms with Gasteiger partial charge in [0.1, 0.15) is 0 Å². The van der Waals surface area contributed by atoms with Gasteiger partial charge in [-0.2, -0.15) is 0 Å². The van der Waals surface area contributed by atoms with Crippen LogP contribution in [0.15, 0.2) is 24.3 Å². The number of para-hydroxylation sites is 1. The summed E-state index contributed by atoms with van der Waals surface area (Å²) in [7, 11) is 3.65. The first-order valence-electron chi connectivity index (χ1n) is 10.7. The number of benzene rings is 1. The van der Waals surface area contributed by atoms with E-state index in [2.05, 4.69) is 30.1 Å². The molecule has 3 aliphatic heterocycles. The lowest BCUT2D eigenvalue weighted by molar-refractivity contribution is -0.172. The third kappa shape index (κ3) is 2.36. The van der Waals surface area contributed by atoms with E-state index in [4.69, 9.17) is 9.47 Å². The van der Waals surface area contributed by atoms with Crippen LogP contribution in [-0.4, -0.2) is 62.3 Å². The fraction of sp³-hybridized carbons (Fsp3) is 0.652. The number of likely N-dealkylation sites (N-methyl/N-ethyl adjacent to an activating group) is 1. The Morgan fingerprint density at radius 2 is 2.00 bits per heavy atom. The predicted octanol–water partition coefficient (Wildman–Crippen LogP) is 2.21. The van der Waals surface area contributed by atoms with E-state index in [1.807, 2.05) is 17.9 Å². The number of nitrogens with zero attached hydrogens (tertiary/aromatic N) is 2. The molecule has 0 N–H and O–H groups in total. The van der Waals surface area contributed by atoms with Gasteiger partial charge in [-0.25, -0.2) is 0 Å².